The van der Waals surface area contributed by atoms with Crippen molar-refractivity contribution in [2.45, 2.75) is 96.1 Å². The van der Waals surface area contributed by atoms with Crippen molar-refractivity contribution in [3.05, 3.63) is 34.3 Å². The Morgan fingerprint density at radius 1 is 1.09 bits per heavy atom. The Labute approximate surface area is 208 Å². The summed E-state index contributed by atoms with van der Waals surface area (Å²) >= 11 is 3.45. The molecule has 1 heterocycles. The molecule has 33 heavy (non-hydrogen) atoms. The van der Waals surface area contributed by atoms with E-state index < -0.39 is 25.9 Å². The number of esters is 1. The van der Waals surface area contributed by atoms with Gasteiger partial charge in [0.1, 0.15) is 11.5 Å². The zero-order valence-electron chi connectivity index (χ0n) is 21.5. The smallest absolute Gasteiger partial charge is 0.410 e. The van der Waals surface area contributed by atoms with E-state index in [1.807, 2.05) is 45.0 Å². The fourth-order valence-corrected chi connectivity index (χ4v) is 5.14. The van der Waals surface area contributed by atoms with E-state index >= 15 is 0 Å². The summed E-state index contributed by atoms with van der Waals surface area (Å²) in [6, 6.07) is 7.06. The average Bonchev–Trinajstić information content (AvgIpc) is 3.09. The number of rotatable bonds is 6. The molecule has 1 saturated heterocycles. The Bertz CT molecular complexity index is 829. The molecule has 1 amide bonds. The van der Waals surface area contributed by atoms with Crippen LogP contribution >= 0.6 is 15.9 Å². The lowest BCUT2D eigenvalue weighted by Crippen LogP contribution is -2.51. The third-order valence-corrected chi connectivity index (χ3v) is 11.7. The van der Waals surface area contributed by atoms with Gasteiger partial charge in [-0.1, -0.05) is 48.8 Å². The Balaban J connectivity index is 2.41. The predicted molar refractivity (Wildman–Crippen MR) is 137 cm³/mol. The van der Waals surface area contributed by atoms with Gasteiger partial charge >= 0.3 is 12.1 Å². The van der Waals surface area contributed by atoms with Gasteiger partial charge in [0.05, 0.1) is 25.8 Å². The highest BCUT2D eigenvalue weighted by Crippen LogP contribution is 2.40. The maximum Gasteiger partial charge on any atom is 0.410 e. The topological polar surface area (TPSA) is 65.1 Å². The molecule has 0 radical (unpaired) electrons. The third kappa shape index (κ3) is 7.05. The highest BCUT2D eigenvalue weighted by Gasteiger charge is 2.47. The van der Waals surface area contributed by atoms with E-state index in [-0.39, 0.29) is 23.1 Å². The molecule has 1 aromatic rings. The van der Waals surface area contributed by atoms with Crippen LogP contribution in [0, 0.1) is 0 Å². The highest BCUT2D eigenvalue weighted by atomic mass is 79.9. The van der Waals surface area contributed by atoms with Gasteiger partial charge in [0, 0.05) is 4.47 Å². The van der Waals surface area contributed by atoms with Gasteiger partial charge in [0.15, 0.2) is 8.32 Å². The first kappa shape index (κ1) is 27.9. The quantitative estimate of drug-likeness (QED) is 0.304. The summed E-state index contributed by atoms with van der Waals surface area (Å²) in [5.41, 5.74) is 0.169. The second-order valence-electron chi connectivity index (χ2n) is 11.3. The summed E-state index contributed by atoms with van der Waals surface area (Å²) in [7, 11) is -0.619. The Morgan fingerprint density at radius 3 is 2.15 bits per heavy atom. The van der Waals surface area contributed by atoms with Gasteiger partial charge in [-0.2, -0.15) is 0 Å². The van der Waals surface area contributed by atoms with Gasteiger partial charge in [0.2, 0.25) is 0 Å². The summed E-state index contributed by atoms with van der Waals surface area (Å²) in [5.74, 6) is -0.963. The number of nitrogens with zero attached hydrogens (tertiary/aromatic N) is 1. The van der Waals surface area contributed by atoms with Crippen molar-refractivity contribution in [2.75, 3.05) is 13.7 Å². The normalized spacial score (nSPS) is 20.5. The van der Waals surface area contributed by atoms with E-state index in [0.717, 1.165) is 16.5 Å². The summed E-state index contributed by atoms with van der Waals surface area (Å²) < 4.78 is 18.4. The lowest BCUT2D eigenvalue weighted by Gasteiger charge is -2.39. The summed E-state index contributed by atoms with van der Waals surface area (Å²) in [5, 5.41) is 0.0632. The molecule has 2 rings (SSSR count). The average molecular weight is 543 g/mol. The van der Waals surface area contributed by atoms with Crippen molar-refractivity contribution in [1.82, 2.24) is 4.90 Å². The van der Waals surface area contributed by atoms with Crippen LogP contribution in [0.3, 0.4) is 0 Å². The summed E-state index contributed by atoms with van der Waals surface area (Å²) in [6.07, 6.45) is 0.989. The molecule has 3 atom stereocenters. The Kier molecular flexibility index (Phi) is 8.85. The van der Waals surface area contributed by atoms with Gasteiger partial charge in [-0.15, -0.1) is 0 Å². The molecule has 0 saturated carbocycles. The van der Waals surface area contributed by atoms with Crippen LogP contribution < -0.4 is 0 Å². The van der Waals surface area contributed by atoms with Crippen molar-refractivity contribution in [3.8, 4) is 0 Å². The molecule has 1 aliphatic heterocycles. The molecular weight excluding hydrogens is 502 g/mol. The largest absolute Gasteiger partial charge is 0.468 e. The van der Waals surface area contributed by atoms with E-state index in [9.17, 15) is 9.59 Å². The molecule has 0 unspecified atom stereocenters. The van der Waals surface area contributed by atoms with Gasteiger partial charge < -0.3 is 13.9 Å². The first-order valence-corrected chi connectivity index (χ1v) is 15.3. The lowest BCUT2D eigenvalue weighted by molar-refractivity contribution is -0.144. The zero-order chi connectivity index (χ0) is 25.2. The maximum atomic E-state index is 13.4. The fraction of sp³-hybridized carbons (Fsp3) is 0.680. The molecular formula is C25H40BrNO5Si. The van der Waals surface area contributed by atoms with Crippen LogP contribution in [0.25, 0.3) is 0 Å². The van der Waals surface area contributed by atoms with Crippen molar-refractivity contribution in [1.29, 1.82) is 0 Å². The van der Waals surface area contributed by atoms with Crippen LogP contribution in [-0.4, -0.2) is 56.7 Å². The molecule has 1 aromatic carbocycles. The van der Waals surface area contributed by atoms with Crippen LogP contribution in [0.4, 0.5) is 4.79 Å². The predicted octanol–water partition coefficient (Wildman–Crippen LogP) is 6.50. The maximum absolute atomic E-state index is 13.4. The van der Waals surface area contributed by atoms with Crippen LogP contribution in [0.15, 0.2) is 28.7 Å². The first-order chi connectivity index (χ1) is 15.1. The number of methoxy groups -OCH3 is 1. The molecule has 0 aromatic heterocycles. The van der Waals surface area contributed by atoms with E-state index in [0.29, 0.717) is 13.0 Å². The molecule has 0 N–H and O–H groups in total. The second kappa shape index (κ2) is 10.5. The number of halogens is 1. The number of likely N-dealkylation sites (tertiary alicyclic amines) is 1. The Morgan fingerprint density at radius 2 is 1.67 bits per heavy atom. The van der Waals surface area contributed by atoms with Crippen LogP contribution in [-0.2, 0) is 18.7 Å². The number of ether oxygens (including phenoxy) is 2. The number of amides is 1. The second-order valence-corrected chi connectivity index (χ2v) is 17.0. The van der Waals surface area contributed by atoms with Gasteiger partial charge in [-0.3, -0.25) is 9.69 Å². The SMILES string of the molecule is COC(=O)[C@@H](c1ccc(Br)cc1)[C@H]1CC[C@@H](CO[Si](C)(C)C(C)(C)C)N1C(=O)OC(C)(C)C. The van der Waals surface area contributed by atoms with Crippen LogP contribution in [0.2, 0.25) is 18.1 Å². The van der Waals surface area contributed by atoms with E-state index in [4.69, 9.17) is 13.9 Å². The minimum absolute atomic E-state index is 0.0632. The monoisotopic (exact) mass is 541 g/mol. The molecule has 6 nitrogen and oxygen atoms in total. The minimum Gasteiger partial charge on any atom is -0.468 e. The van der Waals surface area contributed by atoms with Crippen molar-refractivity contribution in [3.63, 3.8) is 0 Å². The van der Waals surface area contributed by atoms with Gasteiger partial charge in [-0.05, 0) is 69.4 Å². The molecule has 1 aliphatic rings. The number of benzene rings is 1. The third-order valence-electron chi connectivity index (χ3n) is 6.66. The number of carbonyl (C=O) groups excluding carboxylic acids is 2. The molecule has 186 valence electrons. The Hall–Kier alpha value is -1.38. The van der Waals surface area contributed by atoms with Crippen molar-refractivity contribution >= 4 is 36.3 Å². The van der Waals surface area contributed by atoms with E-state index in [1.165, 1.54) is 7.11 Å². The number of hydrogen-bond acceptors (Lipinski definition) is 5. The molecule has 0 bridgehead atoms. The molecule has 8 heteroatoms. The minimum atomic E-state index is -2.01. The number of carbonyl (C=O) groups is 2. The highest BCUT2D eigenvalue weighted by molar-refractivity contribution is 9.10. The fourth-order valence-electron chi connectivity index (χ4n) is 3.84. The van der Waals surface area contributed by atoms with Crippen LogP contribution in [0.5, 0.6) is 0 Å². The summed E-state index contributed by atoms with van der Waals surface area (Å²) in [4.78, 5) is 28.1. The van der Waals surface area contributed by atoms with Crippen molar-refractivity contribution in [2.24, 2.45) is 0 Å². The summed E-state index contributed by atoms with van der Waals surface area (Å²) in [6.45, 7) is 17.0. The standard InChI is InChI=1S/C25H40BrNO5Si/c1-24(2,3)32-23(29)27-19(16-31-33(8,9)25(4,5)6)14-15-20(27)21(22(28)30-7)17-10-12-18(26)13-11-17/h10-13,19-21H,14-16H2,1-9H3/t19-,20+,21-/m0/s1. The van der Waals surface area contributed by atoms with E-state index in [1.54, 1.807) is 4.90 Å². The van der Waals surface area contributed by atoms with Gasteiger partial charge in [-0.25, -0.2) is 4.79 Å². The van der Waals surface area contributed by atoms with E-state index in [2.05, 4.69) is 49.8 Å². The van der Waals surface area contributed by atoms with Crippen molar-refractivity contribution < 1.29 is 23.5 Å². The zero-order valence-corrected chi connectivity index (χ0v) is 24.1. The lowest BCUT2D eigenvalue weighted by atomic mass is 9.90. The van der Waals surface area contributed by atoms with Crippen LogP contribution in [0.1, 0.15) is 65.9 Å². The first-order valence-electron chi connectivity index (χ1n) is 11.6. The molecule has 0 aliphatic carbocycles. The molecule has 1 fully saturated rings. The molecule has 0 spiro atoms. The van der Waals surface area contributed by atoms with Gasteiger partial charge in [0.25, 0.3) is 0 Å². The number of hydrogen-bond donors (Lipinski definition) is 0.